The first-order chi connectivity index (χ1) is 8.08. The van der Waals surface area contributed by atoms with E-state index in [0.29, 0.717) is 6.04 Å². The molecule has 1 aliphatic carbocycles. The summed E-state index contributed by atoms with van der Waals surface area (Å²) in [4.78, 5) is 12.9. The summed E-state index contributed by atoms with van der Waals surface area (Å²) in [6.45, 7) is 2.08. The lowest BCUT2D eigenvalue weighted by Crippen LogP contribution is -2.34. The number of aromatic hydroxyl groups is 1. The number of nitrogens with zero attached hydrogens (tertiary/aromatic N) is 1. The van der Waals surface area contributed by atoms with Gasteiger partial charge in [0, 0.05) is 12.1 Å². The van der Waals surface area contributed by atoms with Gasteiger partial charge in [0.05, 0.1) is 6.54 Å². The normalized spacial score (nSPS) is 17.1. The molecule has 0 aliphatic heterocycles. The predicted molar refractivity (Wildman–Crippen MR) is 63.9 cm³/mol. The number of carbonyl (C=O) groups is 1. The molecule has 4 heteroatoms. The van der Waals surface area contributed by atoms with Crippen molar-refractivity contribution < 1.29 is 15.0 Å². The predicted octanol–water partition coefficient (Wildman–Crippen LogP) is 2.00. The molecule has 92 valence electrons. The summed E-state index contributed by atoms with van der Waals surface area (Å²) >= 11 is 0. The molecule has 1 aromatic carbocycles. The highest BCUT2D eigenvalue weighted by atomic mass is 16.4. The van der Waals surface area contributed by atoms with Gasteiger partial charge in [-0.2, -0.15) is 0 Å². The minimum absolute atomic E-state index is 0.0687. The van der Waals surface area contributed by atoms with Crippen LogP contribution in [0.15, 0.2) is 24.3 Å². The van der Waals surface area contributed by atoms with Crippen LogP contribution in [-0.2, 0) is 4.79 Å². The zero-order valence-corrected chi connectivity index (χ0v) is 9.84. The first-order valence-electron chi connectivity index (χ1n) is 5.84. The van der Waals surface area contributed by atoms with Crippen molar-refractivity contribution in [3.05, 3.63) is 29.8 Å². The standard InChI is InChI=1S/C13H17NO3/c1-9(10-2-6-12(15)7-3-10)14(8-13(16)17)11-4-5-11/h2-3,6-7,9,11,15H,4-5,8H2,1H3,(H,16,17). The first-order valence-corrected chi connectivity index (χ1v) is 5.84. The average Bonchev–Trinajstić information content (AvgIpc) is 3.09. The lowest BCUT2D eigenvalue weighted by atomic mass is 10.1. The van der Waals surface area contributed by atoms with Crippen molar-refractivity contribution in [2.24, 2.45) is 0 Å². The summed E-state index contributed by atoms with van der Waals surface area (Å²) in [6.07, 6.45) is 2.16. The SMILES string of the molecule is CC(c1ccc(O)cc1)N(CC(=O)O)C1CC1. The zero-order valence-electron chi connectivity index (χ0n) is 9.84. The Morgan fingerprint density at radius 3 is 2.47 bits per heavy atom. The van der Waals surface area contributed by atoms with Crippen LogP contribution in [-0.4, -0.2) is 33.7 Å². The van der Waals surface area contributed by atoms with E-state index >= 15 is 0 Å². The number of phenolic OH excluding ortho intramolecular Hbond substituents is 1. The van der Waals surface area contributed by atoms with Crippen molar-refractivity contribution >= 4 is 5.97 Å². The topological polar surface area (TPSA) is 60.8 Å². The Morgan fingerprint density at radius 2 is 2.00 bits per heavy atom. The Balaban J connectivity index is 2.12. The fourth-order valence-electron chi connectivity index (χ4n) is 2.09. The highest BCUT2D eigenvalue weighted by Gasteiger charge is 2.33. The first kappa shape index (κ1) is 11.9. The Labute approximate surface area is 100 Å². The number of carboxylic acids is 1. The van der Waals surface area contributed by atoms with Crippen LogP contribution in [0.4, 0.5) is 0 Å². The number of benzene rings is 1. The Morgan fingerprint density at radius 1 is 1.41 bits per heavy atom. The van der Waals surface area contributed by atoms with E-state index in [4.69, 9.17) is 5.11 Å². The van der Waals surface area contributed by atoms with Gasteiger partial charge in [-0.25, -0.2) is 0 Å². The van der Waals surface area contributed by atoms with Gasteiger partial charge in [0.15, 0.2) is 0 Å². The van der Waals surface area contributed by atoms with E-state index in [1.807, 2.05) is 24.0 Å². The molecule has 0 radical (unpaired) electrons. The van der Waals surface area contributed by atoms with Crippen molar-refractivity contribution in [1.82, 2.24) is 4.90 Å². The van der Waals surface area contributed by atoms with Gasteiger partial charge >= 0.3 is 5.97 Å². The van der Waals surface area contributed by atoms with E-state index in [2.05, 4.69) is 0 Å². The van der Waals surface area contributed by atoms with Gasteiger partial charge < -0.3 is 10.2 Å². The van der Waals surface area contributed by atoms with Crippen molar-refractivity contribution in [3.63, 3.8) is 0 Å². The lowest BCUT2D eigenvalue weighted by Gasteiger charge is -2.27. The molecule has 1 saturated carbocycles. The maximum atomic E-state index is 10.9. The largest absolute Gasteiger partial charge is 0.508 e. The van der Waals surface area contributed by atoms with Crippen molar-refractivity contribution in [3.8, 4) is 5.75 Å². The molecule has 0 bridgehead atoms. The van der Waals surface area contributed by atoms with E-state index in [0.717, 1.165) is 18.4 Å². The van der Waals surface area contributed by atoms with E-state index in [9.17, 15) is 9.90 Å². The maximum Gasteiger partial charge on any atom is 0.317 e. The molecule has 1 aliphatic rings. The second-order valence-electron chi connectivity index (χ2n) is 4.56. The summed E-state index contributed by atoms with van der Waals surface area (Å²) in [6, 6.07) is 7.43. The quantitative estimate of drug-likeness (QED) is 0.819. The van der Waals surface area contributed by atoms with E-state index < -0.39 is 5.97 Å². The molecule has 0 saturated heterocycles. The van der Waals surface area contributed by atoms with Crippen LogP contribution in [0.5, 0.6) is 5.75 Å². The molecular formula is C13H17NO3. The Bertz CT molecular complexity index is 398. The second-order valence-corrected chi connectivity index (χ2v) is 4.56. The Hall–Kier alpha value is -1.55. The number of hydrogen-bond acceptors (Lipinski definition) is 3. The maximum absolute atomic E-state index is 10.9. The van der Waals surface area contributed by atoms with Gasteiger partial charge in [-0.3, -0.25) is 9.69 Å². The summed E-state index contributed by atoms with van der Waals surface area (Å²) in [5.74, 6) is -0.556. The molecule has 0 amide bonds. The van der Waals surface area contributed by atoms with Gasteiger partial charge in [0.2, 0.25) is 0 Å². The average molecular weight is 235 g/mol. The number of hydrogen-bond donors (Lipinski definition) is 2. The third kappa shape index (κ3) is 2.97. The highest BCUT2D eigenvalue weighted by molar-refractivity contribution is 5.69. The molecule has 0 heterocycles. The van der Waals surface area contributed by atoms with Crippen LogP contribution in [0.1, 0.15) is 31.4 Å². The van der Waals surface area contributed by atoms with Crippen molar-refractivity contribution in [2.45, 2.75) is 31.8 Å². The van der Waals surface area contributed by atoms with Crippen LogP contribution in [0, 0.1) is 0 Å². The van der Waals surface area contributed by atoms with Crippen molar-refractivity contribution in [1.29, 1.82) is 0 Å². The fourth-order valence-corrected chi connectivity index (χ4v) is 2.09. The molecule has 17 heavy (non-hydrogen) atoms. The third-order valence-electron chi connectivity index (χ3n) is 3.21. The van der Waals surface area contributed by atoms with E-state index in [1.54, 1.807) is 12.1 Å². The minimum Gasteiger partial charge on any atom is -0.508 e. The molecule has 1 fully saturated rings. The molecule has 1 atom stereocenters. The lowest BCUT2D eigenvalue weighted by molar-refractivity contribution is -0.139. The number of rotatable bonds is 5. The van der Waals surface area contributed by atoms with E-state index in [-0.39, 0.29) is 18.3 Å². The summed E-state index contributed by atoms with van der Waals surface area (Å²) in [7, 11) is 0. The van der Waals surface area contributed by atoms with Gasteiger partial charge in [-0.15, -0.1) is 0 Å². The smallest absolute Gasteiger partial charge is 0.317 e. The molecule has 2 N–H and O–H groups in total. The van der Waals surface area contributed by atoms with E-state index in [1.165, 1.54) is 0 Å². The minimum atomic E-state index is -0.789. The number of carboxylic acid groups (broad SMARTS) is 1. The highest BCUT2D eigenvalue weighted by Crippen LogP contribution is 2.34. The van der Waals surface area contributed by atoms with Gasteiger partial charge in [-0.1, -0.05) is 12.1 Å². The van der Waals surface area contributed by atoms with Crippen LogP contribution < -0.4 is 0 Å². The number of aliphatic carboxylic acids is 1. The molecule has 2 rings (SSSR count). The Kier molecular flexibility index (Phi) is 3.33. The summed E-state index contributed by atoms with van der Waals surface area (Å²) in [5.41, 5.74) is 1.04. The molecule has 0 aromatic heterocycles. The monoisotopic (exact) mass is 235 g/mol. The zero-order chi connectivity index (χ0) is 12.4. The number of phenols is 1. The van der Waals surface area contributed by atoms with Crippen LogP contribution in [0.25, 0.3) is 0 Å². The fraction of sp³-hybridized carbons (Fsp3) is 0.462. The summed E-state index contributed by atoms with van der Waals surface area (Å²) < 4.78 is 0. The van der Waals surface area contributed by atoms with Crippen molar-refractivity contribution in [2.75, 3.05) is 6.54 Å². The van der Waals surface area contributed by atoms with Gasteiger partial charge in [0.1, 0.15) is 5.75 Å². The van der Waals surface area contributed by atoms with Crippen LogP contribution in [0.2, 0.25) is 0 Å². The molecule has 4 nitrogen and oxygen atoms in total. The second kappa shape index (κ2) is 4.75. The molecule has 1 unspecified atom stereocenters. The molecule has 1 aromatic rings. The third-order valence-corrected chi connectivity index (χ3v) is 3.21. The van der Waals surface area contributed by atoms with Gasteiger partial charge in [0.25, 0.3) is 0 Å². The van der Waals surface area contributed by atoms with Crippen LogP contribution >= 0.6 is 0 Å². The molecule has 0 spiro atoms. The van der Waals surface area contributed by atoms with Gasteiger partial charge in [-0.05, 0) is 37.5 Å². The van der Waals surface area contributed by atoms with Crippen LogP contribution in [0.3, 0.4) is 0 Å². The molecular weight excluding hydrogens is 218 g/mol. The summed E-state index contributed by atoms with van der Waals surface area (Å²) in [5, 5.41) is 18.2.